The minimum absolute atomic E-state index is 0.0787. The summed E-state index contributed by atoms with van der Waals surface area (Å²) in [4.78, 5) is 34.0. The molecule has 152 valence electrons. The lowest BCUT2D eigenvalue weighted by Gasteiger charge is -2.19. The lowest BCUT2D eigenvalue weighted by molar-refractivity contribution is -0.148. The summed E-state index contributed by atoms with van der Waals surface area (Å²) in [5.41, 5.74) is -1.35. The molecule has 0 radical (unpaired) electrons. The highest BCUT2D eigenvalue weighted by atomic mass is 16.4. The molecule has 0 atom stereocenters. The maximum absolute atomic E-state index is 11.8. The number of carboxylic acid groups (broad SMARTS) is 2. The van der Waals surface area contributed by atoms with Gasteiger partial charge in [-0.2, -0.15) is 0 Å². The molecule has 0 fully saturated rings. The van der Waals surface area contributed by atoms with E-state index in [1.807, 2.05) is 0 Å². The second kappa shape index (κ2) is 11.3. The van der Waals surface area contributed by atoms with E-state index in [1.54, 1.807) is 34.6 Å². The zero-order chi connectivity index (χ0) is 20.4. The van der Waals surface area contributed by atoms with Gasteiger partial charge in [-0.25, -0.2) is 0 Å². The summed E-state index contributed by atoms with van der Waals surface area (Å²) in [6.07, 6.45) is 8.59. The van der Waals surface area contributed by atoms with Gasteiger partial charge < -0.3 is 10.2 Å². The van der Waals surface area contributed by atoms with Gasteiger partial charge in [0.1, 0.15) is 5.78 Å². The molecule has 0 spiro atoms. The van der Waals surface area contributed by atoms with Crippen LogP contribution in [-0.4, -0.2) is 27.9 Å². The summed E-state index contributed by atoms with van der Waals surface area (Å²) in [7, 11) is 0. The number of rotatable bonds is 15. The predicted octanol–water partition coefficient (Wildman–Crippen LogP) is 5.31. The van der Waals surface area contributed by atoms with Crippen molar-refractivity contribution in [2.24, 2.45) is 16.7 Å². The van der Waals surface area contributed by atoms with Crippen molar-refractivity contribution in [2.45, 2.75) is 98.8 Å². The van der Waals surface area contributed by atoms with Crippen molar-refractivity contribution >= 4 is 17.7 Å². The molecule has 0 aliphatic heterocycles. The SMILES string of the molecule is CC(=O)C(CCCCCC(C)(C)C(=O)O)CCCCCC(C)(C)C(=O)O. The van der Waals surface area contributed by atoms with Gasteiger partial charge in [-0.1, -0.05) is 38.5 Å². The molecule has 2 N–H and O–H groups in total. The first kappa shape index (κ1) is 24.6. The Morgan fingerprint density at radius 1 is 0.692 bits per heavy atom. The van der Waals surface area contributed by atoms with Crippen LogP contribution < -0.4 is 0 Å². The van der Waals surface area contributed by atoms with Crippen LogP contribution in [0.25, 0.3) is 0 Å². The van der Waals surface area contributed by atoms with Crippen LogP contribution in [0.2, 0.25) is 0 Å². The second-order valence-electron chi connectivity index (χ2n) is 8.88. The third-order valence-electron chi connectivity index (χ3n) is 5.44. The van der Waals surface area contributed by atoms with E-state index in [0.717, 1.165) is 51.4 Å². The van der Waals surface area contributed by atoms with Crippen LogP contribution in [-0.2, 0) is 14.4 Å². The van der Waals surface area contributed by atoms with Crippen LogP contribution >= 0.6 is 0 Å². The van der Waals surface area contributed by atoms with Crippen molar-refractivity contribution < 1.29 is 24.6 Å². The van der Waals surface area contributed by atoms with Crippen molar-refractivity contribution in [1.82, 2.24) is 0 Å². The van der Waals surface area contributed by atoms with Crippen LogP contribution in [0.5, 0.6) is 0 Å². The second-order valence-corrected chi connectivity index (χ2v) is 8.88. The number of aliphatic carboxylic acids is 2. The Labute approximate surface area is 158 Å². The van der Waals surface area contributed by atoms with Crippen LogP contribution in [0, 0.1) is 16.7 Å². The highest BCUT2D eigenvalue weighted by Gasteiger charge is 2.27. The Hall–Kier alpha value is -1.39. The van der Waals surface area contributed by atoms with E-state index < -0.39 is 22.8 Å². The normalized spacial score (nSPS) is 12.4. The average molecular weight is 371 g/mol. The van der Waals surface area contributed by atoms with Crippen molar-refractivity contribution in [2.75, 3.05) is 0 Å². The molecular formula is C21H38O5. The molecule has 0 saturated carbocycles. The van der Waals surface area contributed by atoms with Crippen molar-refractivity contribution in [3.63, 3.8) is 0 Å². The number of carbonyl (C=O) groups is 3. The first-order valence-corrected chi connectivity index (χ1v) is 9.87. The summed E-state index contributed by atoms with van der Waals surface area (Å²) >= 11 is 0. The third-order valence-corrected chi connectivity index (χ3v) is 5.44. The molecule has 0 aromatic heterocycles. The van der Waals surface area contributed by atoms with Gasteiger partial charge in [-0.05, 0) is 60.3 Å². The zero-order valence-corrected chi connectivity index (χ0v) is 17.3. The molecular weight excluding hydrogens is 332 g/mol. The van der Waals surface area contributed by atoms with Crippen molar-refractivity contribution in [1.29, 1.82) is 0 Å². The number of unbranched alkanes of at least 4 members (excludes halogenated alkanes) is 4. The monoisotopic (exact) mass is 370 g/mol. The van der Waals surface area contributed by atoms with Gasteiger partial charge in [0.2, 0.25) is 0 Å². The predicted molar refractivity (Wildman–Crippen MR) is 103 cm³/mol. The number of carboxylic acids is 2. The molecule has 0 aliphatic rings. The fourth-order valence-corrected chi connectivity index (χ4v) is 3.03. The lowest BCUT2D eigenvalue weighted by atomic mass is 9.85. The summed E-state index contributed by atoms with van der Waals surface area (Å²) in [6, 6.07) is 0. The first-order chi connectivity index (χ1) is 11.9. The van der Waals surface area contributed by atoms with Crippen LogP contribution in [0.15, 0.2) is 0 Å². The molecule has 0 bridgehead atoms. The molecule has 0 saturated heterocycles. The Kier molecular flexibility index (Phi) is 10.7. The summed E-state index contributed by atoms with van der Waals surface area (Å²) in [5.74, 6) is -1.22. The van der Waals surface area contributed by atoms with E-state index in [-0.39, 0.29) is 11.7 Å². The van der Waals surface area contributed by atoms with Gasteiger partial charge in [0.05, 0.1) is 10.8 Å². The molecule has 5 nitrogen and oxygen atoms in total. The van der Waals surface area contributed by atoms with Crippen LogP contribution in [0.1, 0.15) is 98.8 Å². The lowest BCUT2D eigenvalue weighted by Crippen LogP contribution is -2.23. The minimum Gasteiger partial charge on any atom is -0.481 e. The molecule has 0 aromatic rings. The van der Waals surface area contributed by atoms with Gasteiger partial charge in [-0.15, -0.1) is 0 Å². The maximum Gasteiger partial charge on any atom is 0.309 e. The van der Waals surface area contributed by atoms with Gasteiger partial charge >= 0.3 is 11.9 Å². The molecule has 0 unspecified atom stereocenters. The molecule has 0 rings (SSSR count). The van der Waals surface area contributed by atoms with Gasteiger partial charge in [0.25, 0.3) is 0 Å². The highest BCUT2D eigenvalue weighted by molar-refractivity contribution is 5.78. The number of Topliss-reactive ketones (excluding diaryl/α,β-unsaturated/α-hetero) is 1. The number of ketones is 1. The van der Waals surface area contributed by atoms with E-state index in [2.05, 4.69) is 0 Å². The molecule has 5 heteroatoms. The van der Waals surface area contributed by atoms with Crippen LogP contribution in [0.3, 0.4) is 0 Å². The first-order valence-electron chi connectivity index (χ1n) is 9.87. The quantitative estimate of drug-likeness (QED) is 0.381. The van der Waals surface area contributed by atoms with E-state index in [0.29, 0.717) is 12.8 Å². The minimum atomic E-state index is -0.759. The standard InChI is InChI=1S/C21H38O5/c1-16(22)17(12-8-6-10-14-20(2,3)18(23)24)13-9-7-11-15-21(4,5)19(25)26/h17H,6-15H2,1-5H3,(H,23,24)(H,25,26). The molecule has 0 aromatic carbocycles. The van der Waals surface area contributed by atoms with Crippen molar-refractivity contribution in [3.8, 4) is 0 Å². The smallest absolute Gasteiger partial charge is 0.309 e. The molecule has 0 aliphatic carbocycles. The largest absolute Gasteiger partial charge is 0.481 e. The molecule has 26 heavy (non-hydrogen) atoms. The molecule has 0 amide bonds. The van der Waals surface area contributed by atoms with E-state index in [9.17, 15) is 14.4 Å². The van der Waals surface area contributed by atoms with E-state index >= 15 is 0 Å². The summed E-state index contributed by atoms with van der Waals surface area (Å²) in [5, 5.41) is 18.2. The topological polar surface area (TPSA) is 91.7 Å². The van der Waals surface area contributed by atoms with Gasteiger partial charge in [-0.3, -0.25) is 14.4 Å². The van der Waals surface area contributed by atoms with E-state index in [4.69, 9.17) is 10.2 Å². The number of hydrogen-bond donors (Lipinski definition) is 2. The fourth-order valence-electron chi connectivity index (χ4n) is 3.03. The van der Waals surface area contributed by atoms with Crippen molar-refractivity contribution in [3.05, 3.63) is 0 Å². The Morgan fingerprint density at radius 3 is 1.31 bits per heavy atom. The van der Waals surface area contributed by atoms with Crippen LogP contribution in [0.4, 0.5) is 0 Å². The maximum atomic E-state index is 11.8. The van der Waals surface area contributed by atoms with E-state index in [1.165, 1.54) is 0 Å². The van der Waals surface area contributed by atoms with Gasteiger partial charge in [0, 0.05) is 5.92 Å². The summed E-state index contributed by atoms with van der Waals surface area (Å²) < 4.78 is 0. The average Bonchev–Trinajstić information content (AvgIpc) is 2.51. The Bertz CT molecular complexity index is 429. The molecule has 0 heterocycles. The highest BCUT2D eigenvalue weighted by Crippen LogP contribution is 2.27. The number of hydrogen-bond acceptors (Lipinski definition) is 3. The summed E-state index contributed by atoms with van der Waals surface area (Å²) in [6.45, 7) is 8.64. The Balaban J connectivity index is 4.00. The zero-order valence-electron chi connectivity index (χ0n) is 17.3. The Morgan fingerprint density at radius 2 is 1.04 bits per heavy atom. The van der Waals surface area contributed by atoms with Gasteiger partial charge in [0.15, 0.2) is 0 Å². The third kappa shape index (κ3) is 9.93. The fraction of sp³-hybridized carbons (Fsp3) is 0.857. The number of carbonyl (C=O) groups excluding carboxylic acids is 1.